The van der Waals surface area contributed by atoms with Crippen molar-refractivity contribution in [1.82, 2.24) is 15.6 Å². The van der Waals surface area contributed by atoms with E-state index in [1.807, 2.05) is 0 Å². The Bertz CT molecular complexity index is 571. The number of aliphatic hydroxyl groups excluding tert-OH is 1. The molecular weight excluding hydrogens is 378 g/mol. The Morgan fingerprint density at radius 1 is 0.733 bits per heavy atom. The molecule has 0 aliphatic rings. The van der Waals surface area contributed by atoms with Gasteiger partial charge in [0, 0.05) is 13.1 Å². The van der Waals surface area contributed by atoms with Crippen molar-refractivity contribution in [2.75, 3.05) is 13.1 Å². The lowest BCUT2D eigenvalue weighted by atomic mass is 10.1. The molecule has 0 unspecified atom stereocenters. The van der Waals surface area contributed by atoms with Crippen LogP contribution in [0, 0.1) is 0 Å². The number of nitrogens with zero attached hydrogens (tertiary/aromatic N) is 1. The smallest absolute Gasteiger partial charge is 0.269 e. The fourth-order valence-electron chi connectivity index (χ4n) is 3.31. The van der Waals surface area contributed by atoms with E-state index in [2.05, 4.69) is 29.5 Å². The molecule has 6 nitrogen and oxygen atoms in total. The summed E-state index contributed by atoms with van der Waals surface area (Å²) in [7, 11) is 0. The second-order valence-electron chi connectivity index (χ2n) is 7.95. The molecule has 0 aliphatic carbocycles. The zero-order valence-corrected chi connectivity index (χ0v) is 19.0. The minimum atomic E-state index is -0.302. The van der Waals surface area contributed by atoms with Crippen LogP contribution in [0.15, 0.2) is 12.1 Å². The maximum absolute atomic E-state index is 12.4. The number of hydrogen-bond donors (Lipinski definition) is 3. The lowest BCUT2D eigenvalue weighted by Gasteiger charge is -2.09. The van der Waals surface area contributed by atoms with Gasteiger partial charge in [0.25, 0.3) is 11.8 Å². The van der Waals surface area contributed by atoms with Crippen LogP contribution in [-0.2, 0) is 6.61 Å². The number of rotatable bonds is 17. The van der Waals surface area contributed by atoms with Gasteiger partial charge in [0.05, 0.1) is 6.61 Å². The van der Waals surface area contributed by atoms with E-state index in [-0.39, 0.29) is 29.8 Å². The molecule has 0 saturated carbocycles. The van der Waals surface area contributed by atoms with Crippen molar-refractivity contribution >= 4 is 11.8 Å². The van der Waals surface area contributed by atoms with E-state index in [1.54, 1.807) is 12.1 Å². The van der Waals surface area contributed by atoms with Crippen molar-refractivity contribution in [3.63, 3.8) is 0 Å². The van der Waals surface area contributed by atoms with Gasteiger partial charge < -0.3 is 15.7 Å². The number of unbranched alkanes of at least 4 members (excludes halogenated alkanes) is 10. The third kappa shape index (κ3) is 11.3. The average Bonchev–Trinajstić information content (AvgIpc) is 2.77. The van der Waals surface area contributed by atoms with Gasteiger partial charge in [0.2, 0.25) is 0 Å². The summed E-state index contributed by atoms with van der Waals surface area (Å²) in [6, 6.07) is 3.09. The first-order valence-corrected chi connectivity index (χ1v) is 11.8. The van der Waals surface area contributed by atoms with Crippen LogP contribution < -0.4 is 10.6 Å². The van der Waals surface area contributed by atoms with Gasteiger partial charge >= 0.3 is 0 Å². The number of nitrogens with one attached hydrogen (secondary N) is 2. The van der Waals surface area contributed by atoms with Crippen molar-refractivity contribution in [1.29, 1.82) is 0 Å². The zero-order chi connectivity index (χ0) is 22.0. The SMILES string of the molecule is CCCCCCCCNC(=O)c1cc(CO)cc(C(=O)NCCCCCCCC)n1. The molecule has 30 heavy (non-hydrogen) atoms. The number of aromatic nitrogens is 1. The minimum absolute atomic E-state index is 0.178. The average molecular weight is 420 g/mol. The number of pyridine rings is 1. The van der Waals surface area contributed by atoms with Gasteiger partial charge in [0.15, 0.2) is 0 Å². The van der Waals surface area contributed by atoms with E-state index in [4.69, 9.17) is 0 Å². The Hall–Kier alpha value is -1.95. The van der Waals surface area contributed by atoms with Crippen LogP contribution in [0.4, 0.5) is 0 Å². The number of amides is 2. The number of aliphatic hydroxyl groups is 1. The zero-order valence-electron chi connectivity index (χ0n) is 19.0. The predicted molar refractivity (Wildman–Crippen MR) is 122 cm³/mol. The van der Waals surface area contributed by atoms with E-state index in [0.29, 0.717) is 18.7 Å². The molecular formula is C24H41N3O3. The van der Waals surface area contributed by atoms with E-state index < -0.39 is 0 Å². The molecule has 0 bridgehead atoms. The van der Waals surface area contributed by atoms with Crippen LogP contribution in [0.25, 0.3) is 0 Å². The summed E-state index contributed by atoms with van der Waals surface area (Å²) in [4.78, 5) is 29.1. The Morgan fingerprint density at radius 3 is 1.53 bits per heavy atom. The lowest BCUT2D eigenvalue weighted by Crippen LogP contribution is -2.29. The summed E-state index contributed by atoms with van der Waals surface area (Å²) < 4.78 is 0. The Labute approximate surface area is 182 Å². The highest BCUT2D eigenvalue weighted by Gasteiger charge is 2.14. The molecule has 170 valence electrons. The molecule has 0 saturated heterocycles. The van der Waals surface area contributed by atoms with Gasteiger partial charge in [-0.2, -0.15) is 0 Å². The first-order chi connectivity index (χ1) is 14.6. The summed E-state index contributed by atoms with van der Waals surface area (Å²) in [5.74, 6) is -0.604. The maximum Gasteiger partial charge on any atom is 0.269 e. The van der Waals surface area contributed by atoms with Gasteiger partial charge in [0.1, 0.15) is 11.4 Å². The summed E-state index contributed by atoms with van der Waals surface area (Å²) in [6.07, 6.45) is 13.9. The molecule has 0 aliphatic heterocycles. The summed E-state index contributed by atoms with van der Waals surface area (Å²) >= 11 is 0. The Balaban J connectivity index is 2.46. The van der Waals surface area contributed by atoms with Gasteiger partial charge in [-0.1, -0.05) is 78.1 Å². The van der Waals surface area contributed by atoms with Crippen LogP contribution in [0.5, 0.6) is 0 Å². The second-order valence-corrected chi connectivity index (χ2v) is 7.95. The Kier molecular flexibility index (Phi) is 14.6. The molecule has 1 aromatic rings. The predicted octanol–water partition coefficient (Wildman–Crippen LogP) is 4.75. The summed E-state index contributed by atoms with van der Waals surface area (Å²) in [6.45, 7) is 5.33. The standard InChI is InChI=1S/C24H41N3O3/c1-3-5-7-9-11-13-15-25-23(29)21-17-20(19-28)18-22(27-21)24(30)26-16-14-12-10-8-6-4-2/h17-18,28H,3-16,19H2,1-2H3,(H,25,29)(H,26,30). The molecule has 1 heterocycles. The van der Waals surface area contributed by atoms with E-state index in [1.165, 1.54) is 51.4 Å². The molecule has 0 fully saturated rings. The minimum Gasteiger partial charge on any atom is -0.392 e. The molecule has 0 spiro atoms. The third-order valence-corrected chi connectivity index (χ3v) is 5.16. The van der Waals surface area contributed by atoms with Crippen molar-refractivity contribution in [3.05, 3.63) is 29.1 Å². The molecule has 0 radical (unpaired) electrons. The van der Waals surface area contributed by atoms with Crippen molar-refractivity contribution in [3.8, 4) is 0 Å². The van der Waals surface area contributed by atoms with Crippen molar-refractivity contribution < 1.29 is 14.7 Å². The largest absolute Gasteiger partial charge is 0.392 e. The molecule has 0 aromatic carbocycles. The van der Waals surface area contributed by atoms with E-state index in [9.17, 15) is 14.7 Å². The molecule has 3 N–H and O–H groups in total. The first-order valence-electron chi connectivity index (χ1n) is 11.8. The molecule has 1 aromatic heterocycles. The molecule has 0 atom stereocenters. The third-order valence-electron chi connectivity index (χ3n) is 5.16. The van der Waals surface area contributed by atoms with Crippen LogP contribution in [0.3, 0.4) is 0 Å². The van der Waals surface area contributed by atoms with Gasteiger partial charge in [-0.3, -0.25) is 9.59 Å². The van der Waals surface area contributed by atoms with Crippen molar-refractivity contribution in [2.45, 2.75) is 97.5 Å². The Morgan fingerprint density at radius 2 is 1.13 bits per heavy atom. The fourth-order valence-corrected chi connectivity index (χ4v) is 3.31. The number of carbonyl (C=O) groups is 2. The van der Waals surface area contributed by atoms with Crippen molar-refractivity contribution in [2.24, 2.45) is 0 Å². The maximum atomic E-state index is 12.4. The van der Waals surface area contributed by atoms with E-state index in [0.717, 1.165) is 25.7 Å². The van der Waals surface area contributed by atoms with Crippen LogP contribution in [-0.4, -0.2) is 35.0 Å². The highest BCUT2D eigenvalue weighted by atomic mass is 16.3. The van der Waals surface area contributed by atoms with E-state index >= 15 is 0 Å². The van der Waals surface area contributed by atoms with Gasteiger partial charge in [-0.25, -0.2) is 4.98 Å². The monoisotopic (exact) mass is 419 g/mol. The summed E-state index contributed by atoms with van der Waals surface area (Å²) in [5, 5.41) is 15.2. The first kappa shape index (κ1) is 26.1. The highest BCUT2D eigenvalue weighted by molar-refractivity contribution is 5.96. The highest BCUT2D eigenvalue weighted by Crippen LogP contribution is 2.09. The quantitative estimate of drug-likeness (QED) is 0.318. The van der Waals surface area contributed by atoms with Crippen LogP contribution in [0.1, 0.15) is 117 Å². The fraction of sp³-hybridized carbons (Fsp3) is 0.708. The molecule has 1 rings (SSSR count). The van der Waals surface area contributed by atoms with Gasteiger partial charge in [-0.15, -0.1) is 0 Å². The molecule has 6 heteroatoms. The van der Waals surface area contributed by atoms with Crippen LogP contribution in [0.2, 0.25) is 0 Å². The second kappa shape index (κ2) is 16.8. The molecule has 2 amide bonds. The number of carbonyl (C=O) groups excluding carboxylic acids is 2. The van der Waals surface area contributed by atoms with Crippen LogP contribution >= 0.6 is 0 Å². The topological polar surface area (TPSA) is 91.3 Å². The lowest BCUT2D eigenvalue weighted by molar-refractivity contribution is 0.0943. The number of hydrogen-bond acceptors (Lipinski definition) is 4. The summed E-state index contributed by atoms with van der Waals surface area (Å²) in [5.41, 5.74) is 0.869. The normalized spacial score (nSPS) is 10.8. The van der Waals surface area contributed by atoms with Gasteiger partial charge in [-0.05, 0) is 30.5 Å².